The summed E-state index contributed by atoms with van der Waals surface area (Å²) < 4.78 is 11.3. The average molecular weight is 432 g/mol. The second kappa shape index (κ2) is 13.2. The molecular formula is C27H45NO3. The first-order valence-corrected chi connectivity index (χ1v) is 13.1. The van der Waals surface area contributed by atoms with Gasteiger partial charge in [0.05, 0.1) is 13.2 Å². The smallest absolute Gasteiger partial charge is 0.200 e. The van der Waals surface area contributed by atoms with Crippen molar-refractivity contribution in [1.29, 1.82) is 0 Å². The Morgan fingerprint density at radius 2 is 1.23 bits per heavy atom. The second-order valence-electron chi connectivity index (χ2n) is 9.44. The van der Waals surface area contributed by atoms with E-state index in [-0.39, 0.29) is 5.75 Å². The molecule has 1 aromatic rings. The number of aryl methyl sites for hydroxylation is 1. The highest BCUT2D eigenvalue weighted by atomic mass is 16.5. The second-order valence-corrected chi connectivity index (χ2v) is 9.44. The van der Waals surface area contributed by atoms with Crippen LogP contribution in [0.2, 0.25) is 0 Å². The van der Waals surface area contributed by atoms with Gasteiger partial charge < -0.3 is 14.6 Å². The van der Waals surface area contributed by atoms with Crippen molar-refractivity contribution in [2.75, 3.05) is 19.8 Å². The van der Waals surface area contributed by atoms with Gasteiger partial charge in [0.25, 0.3) is 0 Å². The van der Waals surface area contributed by atoms with Crippen LogP contribution < -0.4 is 9.47 Å². The molecule has 31 heavy (non-hydrogen) atoms. The van der Waals surface area contributed by atoms with Gasteiger partial charge in [0.15, 0.2) is 11.5 Å². The zero-order valence-corrected chi connectivity index (χ0v) is 20.0. The van der Waals surface area contributed by atoms with Crippen LogP contribution in [0.15, 0.2) is 12.1 Å². The standard InChI is InChI=1S/C27H45NO3/c1-3-30-25-20-22(21-26(27(25)29)31-4-2)14-13-19-28(23-15-9-5-6-10-16-23)24-17-11-7-8-12-18-24/h20-21,23-24,29H,3-19H2,1-2H3. The minimum Gasteiger partial charge on any atom is -0.502 e. The van der Waals surface area contributed by atoms with Crippen LogP contribution in [0.4, 0.5) is 0 Å². The summed E-state index contributed by atoms with van der Waals surface area (Å²) >= 11 is 0. The van der Waals surface area contributed by atoms with Gasteiger partial charge in [0.2, 0.25) is 5.75 Å². The minimum absolute atomic E-state index is 0.131. The molecule has 0 spiro atoms. The molecule has 0 radical (unpaired) electrons. The molecule has 0 unspecified atom stereocenters. The number of nitrogens with zero attached hydrogens (tertiary/aromatic N) is 1. The number of rotatable bonds is 10. The van der Waals surface area contributed by atoms with Gasteiger partial charge in [0.1, 0.15) is 0 Å². The van der Waals surface area contributed by atoms with Gasteiger partial charge in [-0.1, -0.05) is 51.4 Å². The predicted octanol–water partition coefficient (Wildman–Crippen LogP) is 6.87. The first-order valence-electron chi connectivity index (χ1n) is 13.1. The molecule has 0 bridgehead atoms. The van der Waals surface area contributed by atoms with Crippen molar-refractivity contribution in [3.8, 4) is 17.2 Å². The average Bonchev–Trinajstić information content (AvgIpc) is 3.20. The summed E-state index contributed by atoms with van der Waals surface area (Å²) in [6.45, 7) is 6.16. The van der Waals surface area contributed by atoms with Gasteiger partial charge in [-0.3, -0.25) is 4.90 Å². The van der Waals surface area contributed by atoms with Crippen molar-refractivity contribution in [1.82, 2.24) is 4.90 Å². The van der Waals surface area contributed by atoms with E-state index in [0.29, 0.717) is 24.7 Å². The molecule has 2 aliphatic carbocycles. The SMILES string of the molecule is CCOc1cc(CCCN(C2CCCCCC2)C2CCCCCC2)cc(OCC)c1O. The lowest BCUT2D eigenvalue weighted by Gasteiger charge is -2.38. The van der Waals surface area contributed by atoms with Crippen LogP contribution in [-0.4, -0.2) is 41.8 Å². The maximum absolute atomic E-state index is 10.4. The molecule has 4 nitrogen and oxygen atoms in total. The fourth-order valence-electron chi connectivity index (χ4n) is 5.62. The van der Waals surface area contributed by atoms with Crippen molar-refractivity contribution in [2.24, 2.45) is 0 Å². The fourth-order valence-corrected chi connectivity index (χ4v) is 5.62. The lowest BCUT2D eigenvalue weighted by atomic mass is 9.99. The van der Waals surface area contributed by atoms with Gasteiger partial charge in [-0.05, 0) is 76.6 Å². The van der Waals surface area contributed by atoms with Gasteiger partial charge >= 0.3 is 0 Å². The Morgan fingerprint density at radius 3 is 1.65 bits per heavy atom. The molecule has 176 valence electrons. The molecule has 2 aliphatic rings. The maximum atomic E-state index is 10.4. The third-order valence-electron chi connectivity index (χ3n) is 7.17. The van der Waals surface area contributed by atoms with Crippen molar-refractivity contribution in [2.45, 2.75) is 116 Å². The first kappa shape index (κ1) is 24.2. The zero-order valence-electron chi connectivity index (χ0n) is 20.0. The molecule has 0 heterocycles. The number of phenolic OH excluding ortho intramolecular Hbond substituents is 1. The molecule has 0 aliphatic heterocycles. The number of ether oxygens (including phenoxy) is 2. The number of hydrogen-bond acceptors (Lipinski definition) is 4. The van der Waals surface area contributed by atoms with E-state index in [1.165, 1.54) is 89.2 Å². The third kappa shape index (κ3) is 7.30. The Kier molecular flexibility index (Phi) is 10.3. The van der Waals surface area contributed by atoms with Crippen LogP contribution in [0.5, 0.6) is 17.2 Å². The van der Waals surface area contributed by atoms with E-state index in [4.69, 9.17) is 9.47 Å². The van der Waals surface area contributed by atoms with E-state index in [1.807, 2.05) is 26.0 Å². The van der Waals surface area contributed by atoms with Crippen LogP contribution in [0, 0.1) is 0 Å². The lowest BCUT2D eigenvalue weighted by molar-refractivity contribution is 0.107. The number of aromatic hydroxyl groups is 1. The van der Waals surface area contributed by atoms with E-state index in [0.717, 1.165) is 24.9 Å². The van der Waals surface area contributed by atoms with Gasteiger partial charge in [-0.25, -0.2) is 0 Å². The van der Waals surface area contributed by atoms with Gasteiger partial charge in [-0.15, -0.1) is 0 Å². The van der Waals surface area contributed by atoms with E-state index in [1.54, 1.807) is 0 Å². The Balaban J connectivity index is 1.67. The molecule has 2 fully saturated rings. The van der Waals surface area contributed by atoms with E-state index in [2.05, 4.69) is 4.90 Å². The van der Waals surface area contributed by atoms with Crippen molar-refractivity contribution in [3.63, 3.8) is 0 Å². The summed E-state index contributed by atoms with van der Waals surface area (Å²) in [7, 11) is 0. The minimum atomic E-state index is 0.131. The van der Waals surface area contributed by atoms with E-state index in [9.17, 15) is 5.11 Å². The Hall–Kier alpha value is -1.42. The van der Waals surface area contributed by atoms with Crippen LogP contribution in [-0.2, 0) is 6.42 Å². The van der Waals surface area contributed by atoms with Crippen molar-refractivity contribution >= 4 is 0 Å². The van der Waals surface area contributed by atoms with E-state index < -0.39 is 0 Å². The fraction of sp³-hybridized carbons (Fsp3) is 0.778. The summed E-state index contributed by atoms with van der Waals surface area (Å²) in [4.78, 5) is 2.92. The lowest BCUT2D eigenvalue weighted by Crippen LogP contribution is -2.43. The summed E-state index contributed by atoms with van der Waals surface area (Å²) in [6, 6.07) is 5.57. The molecule has 2 saturated carbocycles. The third-order valence-corrected chi connectivity index (χ3v) is 7.17. The van der Waals surface area contributed by atoms with Gasteiger partial charge in [0, 0.05) is 12.1 Å². The highest BCUT2D eigenvalue weighted by Gasteiger charge is 2.27. The zero-order chi connectivity index (χ0) is 21.9. The molecule has 0 amide bonds. The summed E-state index contributed by atoms with van der Waals surface area (Å²) in [5.74, 6) is 1.23. The molecule has 1 N–H and O–H groups in total. The summed E-state index contributed by atoms with van der Waals surface area (Å²) in [5, 5.41) is 10.4. The highest BCUT2D eigenvalue weighted by Crippen LogP contribution is 2.38. The molecule has 1 aromatic carbocycles. The van der Waals surface area contributed by atoms with E-state index >= 15 is 0 Å². The predicted molar refractivity (Wildman–Crippen MR) is 128 cm³/mol. The molecule has 0 atom stereocenters. The summed E-state index contributed by atoms with van der Waals surface area (Å²) in [6.07, 6.45) is 19.0. The Labute approximate surface area is 190 Å². The molecular weight excluding hydrogens is 386 g/mol. The quantitative estimate of drug-likeness (QED) is 0.410. The number of hydrogen-bond donors (Lipinski definition) is 1. The Bertz CT molecular complexity index is 584. The topological polar surface area (TPSA) is 41.9 Å². The monoisotopic (exact) mass is 431 g/mol. The highest BCUT2D eigenvalue weighted by molar-refractivity contribution is 5.52. The van der Waals surface area contributed by atoms with Crippen LogP contribution in [0.25, 0.3) is 0 Å². The molecule has 4 heteroatoms. The number of benzene rings is 1. The van der Waals surface area contributed by atoms with Crippen LogP contribution >= 0.6 is 0 Å². The molecule has 0 saturated heterocycles. The maximum Gasteiger partial charge on any atom is 0.200 e. The molecule has 0 aromatic heterocycles. The Morgan fingerprint density at radius 1 is 0.774 bits per heavy atom. The van der Waals surface area contributed by atoms with Crippen LogP contribution in [0.3, 0.4) is 0 Å². The number of phenols is 1. The normalized spacial score (nSPS) is 19.2. The largest absolute Gasteiger partial charge is 0.502 e. The first-order chi connectivity index (χ1) is 15.2. The van der Waals surface area contributed by atoms with Crippen molar-refractivity contribution in [3.05, 3.63) is 17.7 Å². The summed E-state index contributed by atoms with van der Waals surface area (Å²) in [5.41, 5.74) is 1.20. The van der Waals surface area contributed by atoms with Crippen LogP contribution in [0.1, 0.15) is 103 Å². The van der Waals surface area contributed by atoms with Crippen molar-refractivity contribution < 1.29 is 14.6 Å². The molecule has 3 rings (SSSR count). The van der Waals surface area contributed by atoms with Gasteiger partial charge in [-0.2, -0.15) is 0 Å².